The van der Waals surface area contributed by atoms with Gasteiger partial charge in [-0.2, -0.15) is 11.3 Å². The third-order valence-corrected chi connectivity index (χ3v) is 4.85. The first-order valence-electron chi connectivity index (χ1n) is 8.47. The van der Waals surface area contributed by atoms with Crippen LogP contribution in [0.4, 0.5) is 0 Å². The number of carbonyl (C=O) groups is 1. The molecule has 7 nitrogen and oxygen atoms in total. The predicted octanol–water partition coefficient (Wildman–Crippen LogP) is 3.33. The Labute approximate surface area is 159 Å². The summed E-state index contributed by atoms with van der Waals surface area (Å²) in [4.78, 5) is 22.7. The lowest BCUT2D eigenvalue weighted by molar-refractivity contribution is -0.130. The van der Waals surface area contributed by atoms with Crippen molar-refractivity contribution in [2.24, 2.45) is 0 Å². The van der Waals surface area contributed by atoms with Crippen molar-refractivity contribution in [1.82, 2.24) is 25.1 Å². The Morgan fingerprint density at radius 2 is 2.00 bits per heavy atom. The predicted molar refractivity (Wildman–Crippen MR) is 102 cm³/mol. The molecule has 0 radical (unpaired) electrons. The third-order valence-electron chi connectivity index (χ3n) is 4.17. The van der Waals surface area contributed by atoms with Crippen molar-refractivity contribution in [3.8, 4) is 11.5 Å². The minimum Gasteiger partial charge on any atom is -0.421 e. The van der Waals surface area contributed by atoms with E-state index < -0.39 is 0 Å². The van der Waals surface area contributed by atoms with Crippen molar-refractivity contribution in [2.45, 2.75) is 19.4 Å². The first-order chi connectivity index (χ1) is 13.2. The monoisotopic (exact) mass is 379 g/mol. The Hall–Kier alpha value is -3.13. The fraction of sp³-hybridized carbons (Fsp3) is 0.211. The maximum Gasteiger partial charge on any atom is 0.248 e. The number of nitrogens with zero attached hydrogens (tertiary/aromatic N) is 5. The van der Waals surface area contributed by atoms with Crippen molar-refractivity contribution in [3.63, 3.8) is 0 Å². The molecule has 3 aromatic heterocycles. The summed E-state index contributed by atoms with van der Waals surface area (Å²) in [6, 6.07) is 7.76. The Bertz CT molecular complexity index is 1060. The van der Waals surface area contributed by atoms with Crippen LogP contribution in [0, 0.1) is 0 Å². The Morgan fingerprint density at radius 3 is 2.81 bits per heavy atom. The molecule has 4 aromatic rings. The molecule has 27 heavy (non-hydrogen) atoms. The number of thiophene rings is 1. The molecule has 1 aromatic carbocycles. The van der Waals surface area contributed by atoms with E-state index in [4.69, 9.17) is 4.42 Å². The number of aryl methyl sites for hydroxylation is 1. The SMILES string of the molecule is CN(Cc1ccc2nccnc2c1)C(=O)CCc1nnc(-c2ccsc2)o1. The molecule has 0 aliphatic carbocycles. The van der Waals surface area contributed by atoms with E-state index >= 15 is 0 Å². The van der Waals surface area contributed by atoms with Crippen LogP contribution in [0.2, 0.25) is 0 Å². The smallest absolute Gasteiger partial charge is 0.248 e. The number of amides is 1. The normalized spacial score (nSPS) is 11.0. The lowest BCUT2D eigenvalue weighted by atomic mass is 10.1. The summed E-state index contributed by atoms with van der Waals surface area (Å²) >= 11 is 1.57. The maximum absolute atomic E-state index is 12.4. The van der Waals surface area contributed by atoms with Gasteiger partial charge < -0.3 is 9.32 Å². The van der Waals surface area contributed by atoms with Crippen LogP contribution in [-0.4, -0.2) is 38.0 Å². The van der Waals surface area contributed by atoms with Crippen LogP contribution in [-0.2, 0) is 17.8 Å². The number of rotatable bonds is 6. The molecule has 3 heterocycles. The molecule has 0 unspecified atom stereocenters. The molecule has 0 saturated carbocycles. The highest BCUT2D eigenvalue weighted by Gasteiger charge is 2.14. The van der Waals surface area contributed by atoms with Gasteiger partial charge >= 0.3 is 0 Å². The lowest BCUT2D eigenvalue weighted by Gasteiger charge is -2.17. The van der Waals surface area contributed by atoms with E-state index in [1.54, 1.807) is 35.7 Å². The molecule has 0 N–H and O–H groups in total. The molecular weight excluding hydrogens is 362 g/mol. The van der Waals surface area contributed by atoms with E-state index in [2.05, 4.69) is 20.2 Å². The molecule has 0 bridgehead atoms. The third kappa shape index (κ3) is 4.01. The van der Waals surface area contributed by atoms with Crippen molar-refractivity contribution in [3.05, 3.63) is 58.9 Å². The summed E-state index contributed by atoms with van der Waals surface area (Å²) in [5, 5.41) is 12.0. The average molecular weight is 379 g/mol. The fourth-order valence-electron chi connectivity index (χ4n) is 2.73. The van der Waals surface area contributed by atoms with E-state index in [9.17, 15) is 4.79 Å². The molecule has 0 aliphatic rings. The number of hydrogen-bond acceptors (Lipinski definition) is 7. The van der Waals surface area contributed by atoms with Crippen molar-refractivity contribution in [2.75, 3.05) is 7.05 Å². The van der Waals surface area contributed by atoms with Gasteiger partial charge in [-0.3, -0.25) is 14.8 Å². The Morgan fingerprint density at radius 1 is 1.15 bits per heavy atom. The summed E-state index contributed by atoms with van der Waals surface area (Å²) in [6.45, 7) is 0.509. The Kier molecular flexibility index (Phi) is 4.88. The molecule has 0 fully saturated rings. The van der Waals surface area contributed by atoms with Gasteiger partial charge in [-0.15, -0.1) is 10.2 Å². The average Bonchev–Trinajstić information content (AvgIpc) is 3.37. The zero-order valence-corrected chi connectivity index (χ0v) is 15.5. The first kappa shape index (κ1) is 17.3. The van der Waals surface area contributed by atoms with Crippen molar-refractivity contribution in [1.29, 1.82) is 0 Å². The summed E-state index contributed by atoms with van der Waals surface area (Å²) in [5.74, 6) is 0.979. The summed E-state index contributed by atoms with van der Waals surface area (Å²) in [5.41, 5.74) is 3.58. The second-order valence-electron chi connectivity index (χ2n) is 6.14. The zero-order valence-electron chi connectivity index (χ0n) is 14.7. The van der Waals surface area contributed by atoms with Gasteiger partial charge in [0.1, 0.15) is 0 Å². The molecule has 1 amide bonds. The highest BCUT2D eigenvalue weighted by molar-refractivity contribution is 7.08. The standard InChI is InChI=1S/C19H17N5O2S/c1-24(11-13-2-3-15-16(10-13)21-8-7-20-15)18(25)5-4-17-22-23-19(26-17)14-6-9-27-12-14/h2-3,6-10,12H,4-5,11H2,1H3. The quantitative estimate of drug-likeness (QED) is 0.511. The van der Waals surface area contributed by atoms with Gasteiger partial charge in [0.2, 0.25) is 17.7 Å². The van der Waals surface area contributed by atoms with Gasteiger partial charge in [-0.05, 0) is 29.1 Å². The topological polar surface area (TPSA) is 85.0 Å². The van der Waals surface area contributed by atoms with E-state index in [-0.39, 0.29) is 5.91 Å². The van der Waals surface area contributed by atoms with Gasteiger partial charge in [0.25, 0.3) is 0 Å². The number of benzene rings is 1. The minimum atomic E-state index is 0.0181. The van der Waals surface area contributed by atoms with Crippen LogP contribution in [0.15, 0.2) is 51.8 Å². The molecule has 0 aliphatic heterocycles. The van der Waals surface area contributed by atoms with Gasteiger partial charge in [0.15, 0.2) is 0 Å². The van der Waals surface area contributed by atoms with Crippen molar-refractivity contribution < 1.29 is 9.21 Å². The van der Waals surface area contributed by atoms with Crippen molar-refractivity contribution >= 4 is 28.3 Å². The number of hydrogen-bond donors (Lipinski definition) is 0. The van der Waals surface area contributed by atoms with Gasteiger partial charge in [-0.1, -0.05) is 6.07 Å². The second-order valence-corrected chi connectivity index (χ2v) is 6.92. The number of fused-ring (bicyclic) bond motifs is 1. The molecule has 4 rings (SSSR count). The van der Waals surface area contributed by atoms with Gasteiger partial charge in [-0.25, -0.2) is 0 Å². The van der Waals surface area contributed by atoms with Crippen LogP contribution in [0.25, 0.3) is 22.5 Å². The van der Waals surface area contributed by atoms with E-state index in [1.165, 1.54) is 0 Å². The molecule has 136 valence electrons. The van der Waals surface area contributed by atoms with E-state index in [0.29, 0.717) is 31.2 Å². The molecular formula is C19H17N5O2S. The van der Waals surface area contributed by atoms with Gasteiger partial charge in [0.05, 0.1) is 11.0 Å². The summed E-state index contributed by atoms with van der Waals surface area (Å²) in [7, 11) is 1.79. The van der Waals surface area contributed by atoms with E-state index in [0.717, 1.165) is 22.2 Å². The lowest BCUT2D eigenvalue weighted by Crippen LogP contribution is -2.26. The molecule has 0 atom stereocenters. The zero-order chi connectivity index (χ0) is 18.6. The minimum absolute atomic E-state index is 0.0181. The number of aromatic nitrogens is 4. The second kappa shape index (κ2) is 7.63. The fourth-order valence-corrected chi connectivity index (χ4v) is 3.36. The molecule has 8 heteroatoms. The van der Waals surface area contributed by atoms with Crippen LogP contribution in [0.5, 0.6) is 0 Å². The largest absolute Gasteiger partial charge is 0.421 e. The summed E-state index contributed by atoms with van der Waals surface area (Å²) < 4.78 is 5.62. The molecule has 0 saturated heterocycles. The molecule has 0 spiro atoms. The van der Waals surface area contributed by atoms with Crippen LogP contribution in [0.1, 0.15) is 17.9 Å². The van der Waals surface area contributed by atoms with Crippen LogP contribution < -0.4 is 0 Å². The highest BCUT2D eigenvalue weighted by Crippen LogP contribution is 2.21. The highest BCUT2D eigenvalue weighted by atomic mass is 32.1. The van der Waals surface area contributed by atoms with Gasteiger partial charge in [0, 0.05) is 49.8 Å². The van der Waals surface area contributed by atoms with Crippen LogP contribution in [0.3, 0.4) is 0 Å². The Balaban J connectivity index is 1.35. The first-order valence-corrected chi connectivity index (χ1v) is 9.42. The summed E-state index contributed by atoms with van der Waals surface area (Å²) in [6.07, 6.45) is 4.06. The van der Waals surface area contributed by atoms with Crippen LogP contribution >= 0.6 is 11.3 Å². The number of carbonyl (C=O) groups excluding carboxylic acids is 1. The maximum atomic E-state index is 12.4. The van der Waals surface area contributed by atoms with E-state index in [1.807, 2.05) is 35.0 Å².